The molecule has 0 unspecified atom stereocenters. The number of allylic oxidation sites excluding steroid dienone is 2. The van der Waals surface area contributed by atoms with Crippen LogP contribution in [0.3, 0.4) is 0 Å². The molecule has 1 aromatic carbocycles. The number of anilines is 2. The third-order valence-electron chi connectivity index (χ3n) is 8.66. The average molecular weight is 657 g/mol. The largest absolute Gasteiger partial charge is 0.363 e. The molecular weight excluding hydrogens is 613 g/mol. The van der Waals surface area contributed by atoms with Gasteiger partial charge in [0.15, 0.2) is 23.1 Å². The molecule has 46 heavy (non-hydrogen) atoms. The van der Waals surface area contributed by atoms with Crippen LogP contribution in [0.2, 0.25) is 0 Å². The van der Waals surface area contributed by atoms with Crippen LogP contribution in [0, 0.1) is 0 Å². The van der Waals surface area contributed by atoms with Crippen molar-refractivity contribution in [2.45, 2.75) is 79.1 Å². The minimum atomic E-state index is -0.397. The Balaban J connectivity index is 1.37. The van der Waals surface area contributed by atoms with Crippen molar-refractivity contribution in [1.29, 1.82) is 0 Å². The zero-order valence-electron chi connectivity index (χ0n) is 27.4. The van der Waals surface area contributed by atoms with Crippen molar-refractivity contribution in [2.24, 2.45) is 0 Å². The molecular formula is C38H44N2O4S2. The highest BCUT2D eigenvalue weighted by Crippen LogP contribution is 2.38. The van der Waals surface area contributed by atoms with Gasteiger partial charge in [0, 0.05) is 58.2 Å². The van der Waals surface area contributed by atoms with Gasteiger partial charge >= 0.3 is 0 Å². The van der Waals surface area contributed by atoms with Crippen molar-refractivity contribution in [3.05, 3.63) is 79.6 Å². The number of hydrogen-bond donors (Lipinski definition) is 0. The third kappa shape index (κ3) is 7.03. The van der Waals surface area contributed by atoms with E-state index >= 15 is 0 Å². The Morgan fingerprint density at radius 2 is 0.804 bits per heavy atom. The van der Waals surface area contributed by atoms with Gasteiger partial charge in [0.25, 0.3) is 0 Å². The van der Waals surface area contributed by atoms with E-state index in [-0.39, 0.29) is 33.4 Å². The van der Waals surface area contributed by atoms with E-state index in [4.69, 9.17) is 0 Å². The molecule has 242 valence electrons. The minimum Gasteiger partial charge on any atom is -0.363 e. The SMILES string of the molecule is CCCCN(CCCC)c1ccc(C=C2C(=O)c3cc4c(cc3C2=O)C(=O)C(=Cc2ccc(N(CCCC)CCCC)s2)C4=O)s1. The van der Waals surface area contributed by atoms with Gasteiger partial charge < -0.3 is 9.80 Å². The molecule has 2 aliphatic carbocycles. The van der Waals surface area contributed by atoms with Crippen LogP contribution in [-0.4, -0.2) is 49.3 Å². The Hall–Kier alpha value is -3.62. The molecule has 0 saturated heterocycles. The van der Waals surface area contributed by atoms with Gasteiger partial charge in [-0.3, -0.25) is 19.2 Å². The fourth-order valence-corrected chi connectivity index (χ4v) is 7.93. The molecule has 0 amide bonds. The van der Waals surface area contributed by atoms with Gasteiger partial charge in [-0.05, 0) is 74.2 Å². The zero-order valence-corrected chi connectivity index (χ0v) is 29.1. The van der Waals surface area contributed by atoms with Gasteiger partial charge in [0.05, 0.1) is 21.1 Å². The molecule has 0 fully saturated rings. The van der Waals surface area contributed by atoms with Crippen molar-refractivity contribution in [3.8, 4) is 0 Å². The minimum absolute atomic E-state index is 0.0817. The summed E-state index contributed by atoms with van der Waals surface area (Å²) in [6, 6.07) is 10.9. The Labute approximate surface area is 280 Å². The van der Waals surface area contributed by atoms with Gasteiger partial charge in [0.2, 0.25) is 0 Å². The zero-order chi connectivity index (χ0) is 32.8. The van der Waals surface area contributed by atoms with Crippen LogP contribution < -0.4 is 9.80 Å². The summed E-state index contributed by atoms with van der Waals surface area (Å²) in [6.45, 7) is 12.6. The normalized spacial score (nSPS) is 13.9. The molecule has 0 bridgehead atoms. The fraction of sp³-hybridized carbons (Fsp3) is 0.421. The Morgan fingerprint density at radius 1 is 0.500 bits per heavy atom. The number of nitrogens with zero attached hydrogens (tertiary/aromatic N) is 2. The second kappa shape index (κ2) is 15.3. The average Bonchev–Trinajstić information content (AvgIpc) is 3.82. The monoisotopic (exact) mass is 656 g/mol. The summed E-state index contributed by atoms with van der Waals surface area (Å²) < 4.78 is 0. The summed E-state index contributed by atoms with van der Waals surface area (Å²) >= 11 is 3.15. The van der Waals surface area contributed by atoms with Crippen LogP contribution in [0.25, 0.3) is 12.2 Å². The first-order valence-electron chi connectivity index (χ1n) is 16.8. The molecule has 3 aromatic rings. The smallest absolute Gasteiger partial charge is 0.197 e. The number of rotatable bonds is 16. The lowest BCUT2D eigenvalue weighted by atomic mass is 10.0. The van der Waals surface area contributed by atoms with E-state index in [1.165, 1.54) is 12.1 Å². The topological polar surface area (TPSA) is 74.8 Å². The van der Waals surface area contributed by atoms with Crippen molar-refractivity contribution in [3.63, 3.8) is 0 Å². The number of ketones is 4. The van der Waals surface area contributed by atoms with Gasteiger partial charge in [-0.1, -0.05) is 53.4 Å². The number of unbranched alkanes of at least 4 members (excludes halogenated alkanes) is 4. The number of carbonyl (C=O) groups excluding carboxylic acids is 4. The van der Waals surface area contributed by atoms with Gasteiger partial charge in [-0.15, -0.1) is 22.7 Å². The highest BCUT2D eigenvalue weighted by molar-refractivity contribution is 7.17. The molecule has 6 nitrogen and oxygen atoms in total. The summed E-state index contributed by atoms with van der Waals surface area (Å²) in [4.78, 5) is 60.4. The van der Waals surface area contributed by atoms with E-state index in [0.717, 1.165) is 97.3 Å². The number of Topliss-reactive ketones (excluding diaryl/α,β-unsaturated/α-hetero) is 4. The third-order valence-corrected chi connectivity index (χ3v) is 10.8. The lowest BCUT2D eigenvalue weighted by molar-refractivity contribution is 0.0978. The molecule has 8 heteroatoms. The number of benzene rings is 1. The summed E-state index contributed by atoms with van der Waals surface area (Å²) in [7, 11) is 0. The molecule has 0 saturated carbocycles. The molecule has 0 aliphatic heterocycles. The van der Waals surface area contributed by atoms with Crippen LogP contribution in [0.1, 0.15) is 130 Å². The molecule has 2 aromatic heterocycles. The van der Waals surface area contributed by atoms with E-state index in [0.29, 0.717) is 0 Å². The Morgan fingerprint density at radius 3 is 1.09 bits per heavy atom. The van der Waals surface area contributed by atoms with E-state index in [9.17, 15) is 19.2 Å². The van der Waals surface area contributed by atoms with E-state index in [2.05, 4.69) is 49.6 Å². The predicted octanol–water partition coefficient (Wildman–Crippen LogP) is 9.55. The van der Waals surface area contributed by atoms with E-state index in [1.807, 2.05) is 12.1 Å². The van der Waals surface area contributed by atoms with Crippen LogP contribution in [0.4, 0.5) is 10.0 Å². The van der Waals surface area contributed by atoms with Gasteiger partial charge in [-0.2, -0.15) is 0 Å². The first kappa shape index (κ1) is 33.7. The van der Waals surface area contributed by atoms with Crippen molar-refractivity contribution < 1.29 is 19.2 Å². The van der Waals surface area contributed by atoms with E-state index < -0.39 is 23.1 Å². The molecule has 0 radical (unpaired) electrons. The van der Waals surface area contributed by atoms with Crippen LogP contribution in [-0.2, 0) is 0 Å². The van der Waals surface area contributed by atoms with Gasteiger partial charge in [-0.25, -0.2) is 0 Å². The number of carbonyl (C=O) groups is 4. The fourth-order valence-electron chi connectivity index (χ4n) is 5.92. The predicted molar refractivity (Wildman–Crippen MR) is 192 cm³/mol. The quantitative estimate of drug-likeness (QED) is 0.113. The summed E-state index contributed by atoms with van der Waals surface area (Å²) in [6.07, 6.45) is 12.2. The molecule has 0 N–H and O–H groups in total. The standard InChI is InChI=1S/C38H44N2O4S2/c1-5-9-17-39(18-10-6-2)33-15-13-25(45-33)21-31-35(41)27-23-29-30(24-28(27)36(31)42)38(44)32(37(29)43)22-26-14-16-34(46-26)40(19-11-7-3)20-12-8-4/h13-16,21-24H,5-12,17-20H2,1-4H3. The first-order valence-corrected chi connectivity index (χ1v) is 18.4. The Bertz CT molecular complexity index is 1500. The number of thiophene rings is 2. The van der Waals surface area contributed by atoms with Crippen LogP contribution >= 0.6 is 22.7 Å². The Kier molecular flexibility index (Phi) is 11.2. The van der Waals surface area contributed by atoms with Crippen molar-refractivity contribution in [2.75, 3.05) is 36.0 Å². The van der Waals surface area contributed by atoms with Gasteiger partial charge in [0.1, 0.15) is 0 Å². The van der Waals surface area contributed by atoms with Crippen LogP contribution in [0.15, 0.2) is 47.5 Å². The molecule has 5 rings (SSSR count). The lowest BCUT2D eigenvalue weighted by Gasteiger charge is -2.22. The molecule has 2 heterocycles. The maximum Gasteiger partial charge on any atom is 0.197 e. The van der Waals surface area contributed by atoms with Crippen LogP contribution in [0.5, 0.6) is 0 Å². The maximum absolute atomic E-state index is 13.5. The molecule has 0 spiro atoms. The summed E-state index contributed by atoms with van der Waals surface area (Å²) in [5.74, 6) is -1.59. The number of hydrogen-bond acceptors (Lipinski definition) is 8. The second-order valence-corrected chi connectivity index (χ2v) is 14.3. The summed E-state index contributed by atoms with van der Waals surface area (Å²) in [5, 5.41) is 2.26. The highest BCUT2D eigenvalue weighted by Gasteiger charge is 2.40. The van der Waals surface area contributed by atoms with Crippen molar-refractivity contribution in [1.82, 2.24) is 0 Å². The first-order chi connectivity index (χ1) is 22.3. The molecule has 2 aliphatic rings. The maximum atomic E-state index is 13.5. The van der Waals surface area contributed by atoms with Crippen molar-refractivity contribution >= 4 is 68.0 Å². The molecule has 0 atom stereocenters. The van der Waals surface area contributed by atoms with E-state index in [1.54, 1.807) is 34.8 Å². The summed E-state index contributed by atoms with van der Waals surface area (Å²) in [5.41, 5.74) is 0.951. The lowest BCUT2D eigenvalue weighted by Crippen LogP contribution is -2.24. The number of fused-ring (bicyclic) bond motifs is 2. The second-order valence-electron chi connectivity index (χ2n) is 12.1. The highest BCUT2D eigenvalue weighted by atomic mass is 32.1.